The van der Waals surface area contributed by atoms with Crippen LogP contribution >= 0.6 is 0 Å². The summed E-state index contributed by atoms with van der Waals surface area (Å²) in [6, 6.07) is 9.37. The molecular weight excluding hydrogens is 314 g/mol. The molecule has 3 rings (SSSR count). The zero-order valence-corrected chi connectivity index (χ0v) is 14.7. The van der Waals surface area contributed by atoms with Crippen LogP contribution < -0.4 is 10.2 Å². The van der Waals surface area contributed by atoms with Gasteiger partial charge in [-0.2, -0.15) is 5.26 Å². The summed E-state index contributed by atoms with van der Waals surface area (Å²) in [5.74, 6) is -0.704. The van der Waals surface area contributed by atoms with E-state index in [-0.39, 0.29) is 29.1 Å². The molecule has 1 aromatic carbocycles. The summed E-state index contributed by atoms with van der Waals surface area (Å²) in [5.41, 5.74) is 1.57. The van der Waals surface area contributed by atoms with Gasteiger partial charge in [-0.1, -0.05) is 37.5 Å². The fourth-order valence-electron chi connectivity index (χ4n) is 3.72. The summed E-state index contributed by atoms with van der Waals surface area (Å²) in [5, 5.41) is 12.6. The van der Waals surface area contributed by atoms with Crippen LogP contribution in [-0.4, -0.2) is 23.9 Å². The Balaban J connectivity index is 1.99. The summed E-state index contributed by atoms with van der Waals surface area (Å²) in [4.78, 5) is 27.3. The van der Waals surface area contributed by atoms with Gasteiger partial charge < -0.3 is 10.2 Å². The molecule has 0 aromatic heterocycles. The van der Waals surface area contributed by atoms with Crippen molar-refractivity contribution in [3.05, 3.63) is 35.4 Å². The van der Waals surface area contributed by atoms with E-state index in [2.05, 4.69) is 5.32 Å². The Morgan fingerprint density at radius 3 is 2.56 bits per heavy atom. The second-order valence-electron chi connectivity index (χ2n) is 6.96. The van der Waals surface area contributed by atoms with Gasteiger partial charge in [0.1, 0.15) is 11.6 Å². The third-order valence-corrected chi connectivity index (χ3v) is 4.91. The lowest BCUT2D eigenvalue weighted by atomic mass is 9.94. The summed E-state index contributed by atoms with van der Waals surface area (Å²) < 4.78 is 0. The first-order valence-corrected chi connectivity index (χ1v) is 8.92. The van der Waals surface area contributed by atoms with Gasteiger partial charge in [-0.05, 0) is 32.8 Å². The van der Waals surface area contributed by atoms with E-state index in [1.165, 1.54) is 6.42 Å². The lowest BCUT2D eigenvalue weighted by Crippen LogP contribution is -2.38. The van der Waals surface area contributed by atoms with E-state index < -0.39 is 5.91 Å². The SMILES string of the molecule is CC(C)N1C(=O)/C(=C(\C#N)C(=O)NC2CCCCC2)c2ccccc21. The molecule has 1 fully saturated rings. The molecule has 1 saturated carbocycles. The minimum absolute atomic E-state index is 0.0486. The molecule has 1 N–H and O–H groups in total. The molecule has 1 heterocycles. The van der Waals surface area contributed by atoms with Crippen molar-refractivity contribution in [2.75, 3.05) is 4.90 Å². The van der Waals surface area contributed by atoms with Crippen molar-refractivity contribution in [2.45, 2.75) is 58.0 Å². The Labute approximate surface area is 148 Å². The Bertz CT molecular complexity index is 767. The molecular formula is C20H23N3O2. The topological polar surface area (TPSA) is 73.2 Å². The van der Waals surface area contributed by atoms with Crippen LogP contribution in [0, 0.1) is 11.3 Å². The number of fused-ring (bicyclic) bond motifs is 1. The number of hydrogen-bond acceptors (Lipinski definition) is 3. The van der Waals surface area contributed by atoms with E-state index >= 15 is 0 Å². The third-order valence-electron chi connectivity index (χ3n) is 4.91. The maximum Gasteiger partial charge on any atom is 0.263 e. The van der Waals surface area contributed by atoms with Gasteiger partial charge in [0.2, 0.25) is 0 Å². The molecule has 0 radical (unpaired) electrons. The molecule has 1 aromatic rings. The average molecular weight is 337 g/mol. The van der Waals surface area contributed by atoms with Crippen LogP contribution in [0.4, 0.5) is 5.69 Å². The number of hydrogen-bond donors (Lipinski definition) is 1. The highest BCUT2D eigenvalue weighted by Crippen LogP contribution is 2.39. The summed E-state index contributed by atoms with van der Waals surface area (Å²) in [6.45, 7) is 3.84. The molecule has 2 aliphatic rings. The second-order valence-corrected chi connectivity index (χ2v) is 6.96. The largest absolute Gasteiger partial charge is 0.349 e. The zero-order valence-electron chi connectivity index (χ0n) is 14.7. The number of amides is 2. The summed E-state index contributed by atoms with van der Waals surface area (Å²) in [7, 11) is 0. The summed E-state index contributed by atoms with van der Waals surface area (Å²) >= 11 is 0. The van der Waals surface area contributed by atoms with Crippen molar-refractivity contribution in [1.82, 2.24) is 5.32 Å². The maximum atomic E-state index is 12.9. The molecule has 1 aliphatic heterocycles. The Morgan fingerprint density at radius 1 is 1.24 bits per heavy atom. The molecule has 0 unspecified atom stereocenters. The predicted octanol–water partition coefficient (Wildman–Crippen LogP) is 3.17. The van der Waals surface area contributed by atoms with Crippen molar-refractivity contribution >= 4 is 23.1 Å². The van der Waals surface area contributed by atoms with Gasteiger partial charge in [0.15, 0.2) is 0 Å². The van der Waals surface area contributed by atoms with Gasteiger partial charge in [0.05, 0.1) is 11.3 Å². The molecule has 5 heteroatoms. The number of nitriles is 1. The van der Waals surface area contributed by atoms with Gasteiger partial charge >= 0.3 is 0 Å². The van der Waals surface area contributed by atoms with Gasteiger partial charge in [0.25, 0.3) is 11.8 Å². The smallest absolute Gasteiger partial charge is 0.263 e. The van der Waals surface area contributed by atoms with Crippen molar-refractivity contribution in [3.63, 3.8) is 0 Å². The number of anilines is 1. The Hall–Kier alpha value is -2.61. The fourth-order valence-corrected chi connectivity index (χ4v) is 3.72. The Morgan fingerprint density at radius 2 is 1.92 bits per heavy atom. The van der Waals surface area contributed by atoms with Crippen molar-refractivity contribution in [3.8, 4) is 6.07 Å². The predicted molar refractivity (Wildman–Crippen MR) is 96.6 cm³/mol. The van der Waals surface area contributed by atoms with E-state index in [1.807, 2.05) is 38.1 Å². The highest BCUT2D eigenvalue weighted by Gasteiger charge is 2.37. The van der Waals surface area contributed by atoms with Crippen LogP contribution in [0.15, 0.2) is 29.8 Å². The van der Waals surface area contributed by atoms with Gasteiger partial charge in [0, 0.05) is 17.6 Å². The monoisotopic (exact) mass is 337 g/mol. The Kier molecular flexibility index (Phi) is 4.89. The third kappa shape index (κ3) is 3.17. The molecule has 0 saturated heterocycles. The first-order chi connectivity index (χ1) is 12.0. The highest BCUT2D eigenvalue weighted by atomic mass is 16.2. The van der Waals surface area contributed by atoms with E-state index in [4.69, 9.17) is 0 Å². The van der Waals surface area contributed by atoms with Crippen molar-refractivity contribution in [2.24, 2.45) is 0 Å². The average Bonchev–Trinajstić information content (AvgIpc) is 2.89. The fraction of sp³-hybridized carbons (Fsp3) is 0.450. The number of para-hydroxylation sites is 1. The molecule has 25 heavy (non-hydrogen) atoms. The highest BCUT2D eigenvalue weighted by molar-refractivity contribution is 6.37. The molecule has 130 valence electrons. The zero-order chi connectivity index (χ0) is 18.0. The number of carbonyl (C=O) groups is 2. The minimum atomic E-state index is -0.432. The van der Waals surface area contributed by atoms with E-state index in [0.29, 0.717) is 5.56 Å². The van der Waals surface area contributed by atoms with Crippen LogP contribution in [0.2, 0.25) is 0 Å². The number of nitrogens with one attached hydrogen (secondary N) is 1. The number of benzene rings is 1. The van der Waals surface area contributed by atoms with Crippen molar-refractivity contribution < 1.29 is 9.59 Å². The van der Waals surface area contributed by atoms with Gasteiger partial charge in [-0.3, -0.25) is 9.59 Å². The first kappa shape index (κ1) is 17.2. The standard InChI is InChI=1S/C20H23N3O2/c1-13(2)23-17-11-7-6-10-15(17)18(20(23)25)16(12-21)19(24)22-14-8-4-3-5-9-14/h6-7,10-11,13-14H,3-5,8-9H2,1-2H3,(H,22,24)/b18-16+. The van der Waals surface area contributed by atoms with Gasteiger partial charge in [-0.25, -0.2) is 0 Å². The van der Waals surface area contributed by atoms with Crippen LogP contribution in [-0.2, 0) is 9.59 Å². The molecule has 0 spiro atoms. The van der Waals surface area contributed by atoms with Gasteiger partial charge in [-0.15, -0.1) is 0 Å². The molecule has 1 aliphatic carbocycles. The second kappa shape index (κ2) is 7.10. The van der Waals surface area contributed by atoms with E-state index in [9.17, 15) is 14.9 Å². The molecule has 2 amide bonds. The lowest BCUT2D eigenvalue weighted by molar-refractivity contribution is -0.118. The molecule has 0 atom stereocenters. The quantitative estimate of drug-likeness (QED) is 0.680. The van der Waals surface area contributed by atoms with E-state index in [0.717, 1.165) is 31.4 Å². The normalized spacial score (nSPS) is 19.6. The van der Waals surface area contributed by atoms with Crippen molar-refractivity contribution in [1.29, 1.82) is 5.26 Å². The number of nitrogens with zero attached hydrogens (tertiary/aromatic N) is 2. The minimum Gasteiger partial charge on any atom is -0.349 e. The summed E-state index contributed by atoms with van der Waals surface area (Å²) in [6.07, 6.45) is 5.23. The van der Waals surface area contributed by atoms with Crippen LogP contribution in [0.1, 0.15) is 51.5 Å². The maximum absolute atomic E-state index is 12.9. The number of rotatable bonds is 3. The first-order valence-electron chi connectivity index (χ1n) is 8.92. The van der Waals surface area contributed by atoms with E-state index in [1.54, 1.807) is 11.0 Å². The molecule has 0 bridgehead atoms. The van der Waals surface area contributed by atoms with Crippen LogP contribution in [0.3, 0.4) is 0 Å². The van der Waals surface area contributed by atoms with Crippen LogP contribution in [0.25, 0.3) is 5.57 Å². The van der Waals surface area contributed by atoms with Crippen LogP contribution in [0.5, 0.6) is 0 Å². The number of carbonyl (C=O) groups excluding carboxylic acids is 2. The molecule has 5 nitrogen and oxygen atoms in total. The lowest BCUT2D eigenvalue weighted by Gasteiger charge is -2.23.